The second-order valence-corrected chi connectivity index (χ2v) is 5.70. The van der Waals surface area contributed by atoms with Crippen LogP contribution in [-0.4, -0.2) is 17.2 Å². The Labute approximate surface area is 130 Å². The number of H-pyrrole nitrogens is 1. The zero-order valence-electron chi connectivity index (χ0n) is 13.4. The molecule has 0 saturated heterocycles. The fourth-order valence-electron chi connectivity index (χ4n) is 3.07. The number of hydrogen-bond donors (Lipinski definition) is 2. The molecule has 0 radical (unpaired) electrons. The van der Waals surface area contributed by atoms with Crippen molar-refractivity contribution in [2.24, 2.45) is 0 Å². The van der Waals surface area contributed by atoms with E-state index in [9.17, 15) is 5.11 Å². The van der Waals surface area contributed by atoms with Gasteiger partial charge in [0, 0.05) is 16.6 Å². The molecule has 22 heavy (non-hydrogen) atoms. The minimum atomic E-state index is 0.375. The molecule has 3 rings (SSSR count). The summed E-state index contributed by atoms with van der Waals surface area (Å²) < 4.78 is 5.34. The van der Waals surface area contributed by atoms with Gasteiger partial charge in [0.15, 0.2) is 0 Å². The van der Waals surface area contributed by atoms with Crippen LogP contribution in [0.1, 0.15) is 23.6 Å². The molecule has 3 aromatic rings. The molecular weight excluding hydrogens is 274 g/mol. The number of aromatic hydroxyl groups is 1. The van der Waals surface area contributed by atoms with Gasteiger partial charge in [-0.3, -0.25) is 0 Å². The van der Waals surface area contributed by atoms with Crippen molar-refractivity contribution in [1.29, 1.82) is 0 Å². The number of phenols is 1. The predicted molar refractivity (Wildman–Crippen MR) is 90.8 cm³/mol. The van der Waals surface area contributed by atoms with E-state index < -0.39 is 0 Å². The van der Waals surface area contributed by atoms with E-state index in [1.165, 1.54) is 10.9 Å². The lowest BCUT2D eigenvalue weighted by Gasteiger charge is -2.08. The van der Waals surface area contributed by atoms with Crippen molar-refractivity contribution < 1.29 is 9.84 Å². The van der Waals surface area contributed by atoms with Crippen molar-refractivity contribution in [2.45, 2.75) is 27.2 Å². The van der Waals surface area contributed by atoms with Gasteiger partial charge in [0.2, 0.25) is 0 Å². The minimum Gasteiger partial charge on any atom is -0.507 e. The van der Waals surface area contributed by atoms with Crippen molar-refractivity contribution >= 4 is 10.9 Å². The average molecular weight is 295 g/mol. The van der Waals surface area contributed by atoms with Gasteiger partial charge < -0.3 is 14.8 Å². The van der Waals surface area contributed by atoms with Gasteiger partial charge in [0.25, 0.3) is 0 Å². The number of benzene rings is 2. The summed E-state index contributed by atoms with van der Waals surface area (Å²) in [5.74, 6) is 1.24. The van der Waals surface area contributed by atoms with Crippen LogP contribution >= 0.6 is 0 Å². The van der Waals surface area contributed by atoms with Crippen molar-refractivity contribution in [3.63, 3.8) is 0 Å². The topological polar surface area (TPSA) is 45.2 Å². The van der Waals surface area contributed by atoms with E-state index in [4.69, 9.17) is 4.74 Å². The Morgan fingerprint density at radius 2 is 1.77 bits per heavy atom. The second-order valence-electron chi connectivity index (χ2n) is 5.70. The maximum absolute atomic E-state index is 9.99. The number of phenolic OH excluding ortho intramolecular Hbond substituents is 1. The van der Waals surface area contributed by atoms with Gasteiger partial charge in [-0.15, -0.1) is 0 Å². The van der Waals surface area contributed by atoms with Gasteiger partial charge in [-0.25, -0.2) is 0 Å². The molecular formula is C19H21NO2. The molecule has 114 valence electrons. The van der Waals surface area contributed by atoms with E-state index in [0.717, 1.165) is 40.1 Å². The first-order valence-electron chi connectivity index (χ1n) is 7.54. The highest BCUT2D eigenvalue weighted by atomic mass is 16.5. The normalized spacial score (nSPS) is 11.1. The van der Waals surface area contributed by atoms with E-state index in [2.05, 4.69) is 24.0 Å². The molecule has 3 heteroatoms. The SMILES string of the molecule is CCc1c(-c2cc(C)c(O)c(C)c2)[nH]c2ccc(OC)cc12. The highest BCUT2D eigenvalue weighted by Crippen LogP contribution is 2.35. The molecule has 0 aliphatic rings. The van der Waals surface area contributed by atoms with Crippen LogP contribution in [0.5, 0.6) is 11.5 Å². The average Bonchev–Trinajstić information content (AvgIpc) is 2.89. The Balaban J connectivity index is 2.26. The summed E-state index contributed by atoms with van der Waals surface area (Å²) in [4.78, 5) is 3.52. The summed E-state index contributed by atoms with van der Waals surface area (Å²) >= 11 is 0. The number of aromatic nitrogens is 1. The van der Waals surface area contributed by atoms with E-state index in [1.807, 2.05) is 32.0 Å². The molecule has 3 nitrogen and oxygen atoms in total. The first-order chi connectivity index (χ1) is 10.5. The summed E-state index contributed by atoms with van der Waals surface area (Å²) in [5, 5.41) is 11.2. The number of hydrogen-bond acceptors (Lipinski definition) is 2. The first kappa shape index (κ1) is 14.5. The van der Waals surface area contributed by atoms with Crippen LogP contribution in [0.4, 0.5) is 0 Å². The highest BCUT2D eigenvalue weighted by molar-refractivity contribution is 5.92. The van der Waals surface area contributed by atoms with E-state index in [0.29, 0.717) is 5.75 Å². The highest BCUT2D eigenvalue weighted by Gasteiger charge is 2.14. The quantitative estimate of drug-likeness (QED) is 0.734. The summed E-state index contributed by atoms with van der Waals surface area (Å²) in [7, 11) is 1.69. The molecule has 0 spiro atoms. The lowest BCUT2D eigenvalue weighted by atomic mass is 9.99. The van der Waals surface area contributed by atoms with Crippen LogP contribution in [0.2, 0.25) is 0 Å². The Kier molecular flexibility index (Phi) is 3.57. The Morgan fingerprint density at radius 1 is 1.09 bits per heavy atom. The number of aryl methyl sites for hydroxylation is 3. The van der Waals surface area contributed by atoms with Gasteiger partial charge in [-0.2, -0.15) is 0 Å². The number of ether oxygens (including phenoxy) is 1. The van der Waals surface area contributed by atoms with Crippen molar-refractivity contribution in [1.82, 2.24) is 4.98 Å². The molecule has 0 amide bonds. The monoisotopic (exact) mass is 295 g/mol. The first-order valence-corrected chi connectivity index (χ1v) is 7.54. The lowest BCUT2D eigenvalue weighted by Crippen LogP contribution is -1.88. The number of nitrogens with one attached hydrogen (secondary N) is 1. The minimum absolute atomic E-state index is 0.375. The molecule has 0 fully saturated rings. The van der Waals surface area contributed by atoms with E-state index in [1.54, 1.807) is 7.11 Å². The molecule has 1 aromatic heterocycles. The van der Waals surface area contributed by atoms with Crippen LogP contribution in [0, 0.1) is 13.8 Å². The smallest absolute Gasteiger partial charge is 0.121 e. The fourth-order valence-corrected chi connectivity index (χ4v) is 3.07. The van der Waals surface area contributed by atoms with E-state index in [-0.39, 0.29) is 0 Å². The van der Waals surface area contributed by atoms with Gasteiger partial charge in [-0.05, 0) is 72.9 Å². The third-order valence-corrected chi connectivity index (χ3v) is 4.25. The third-order valence-electron chi connectivity index (χ3n) is 4.25. The summed E-state index contributed by atoms with van der Waals surface area (Å²) in [6.07, 6.45) is 0.932. The number of fused-ring (bicyclic) bond motifs is 1. The molecule has 0 aliphatic carbocycles. The summed E-state index contributed by atoms with van der Waals surface area (Å²) in [6.45, 7) is 6.03. The lowest BCUT2D eigenvalue weighted by molar-refractivity contribution is 0.415. The van der Waals surface area contributed by atoms with Gasteiger partial charge in [0.05, 0.1) is 7.11 Å². The van der Waals surface area contributed by atoms with Crippen LogP contribution in [0.3, 0.4) is 0 Å². The number of rotatable bonds is 3. The zero-order valence-corrected chi connectivity index (χ0v) is 13.4. The maximum atomic E-state index is 9.99. The molecule has 0 atom stereocenters. The Hall–Kier alpha value is -2.42. The van der Waals surface area contributed by atoms with Gasteiger partial charge in [-0.1, -0.05) is 6.92 Å². The van der Waals surface area contributed by atoms with Crippen LogP contribution in [0.15, 0.2) is 30.3 Å². The second kappa shape index (κ2) is 5.41. The fraction of sp³-hybridized carbons (Fsp3) is 0.263. The standard InChI is InChI=1S/C19H21NO2/c1-5-15-16-10-14(22-4)6-7-17(16)20-18(15)13-8-11(2)19(21)12(3)9-13/h6-10,20-21H,5H2,1-4H3. The predicted octanol–water partition coefficient (Wildman–Crippen LogP) is 4.73. The summed E-state index contributed by atoms with van der Waals surface area (Å²) in [5.41, 5.74) is 6.41. The molecule has 0 bridgehead atoms. The van der Waals surface area contributed by atoms with Crippen molar-refractivity contribution in [3.05, 3.63) is 47.0 Å². The van der Waals surface area contributed by atoms with Crippen molar-refractivity contribution in [2.75, 3.05) is 7.11 Å². The molecule has 2 N–H and O–H groups in total. The molecule has 0 aliphatic heterocycles. The van der Waals surface area contributed by atoms with Crippen LogP contribution in [0.25, 0.3) is 22.2 Å². The van der Waals surface area contributed by atoms with Crippen LogP contribution < -0.4 is 4.74 Å². The largest absolute Gasteiger partial charge is 0.507 e. The van der Waals surface area contributed by atoms with Gasteiger partial charge >= 0.3 is 0 Å². The molecule has 0 unspecified atom stereocenters. The van der Waals surface area contributed by atoms with E-state index >= 15 is 0 Å². The third kappa shape index (κ3) is 2.23. The zero-order chi connectivity index (χ0) is 15.9. The summed E-state index contributed by atoms with van der Waals surface area (Å²) in [6, 6.07) is 10.2. The van der Waals surface area contributed by atoms with Gasteiger partial charge in [0.1, 0.15) is 11.5 Å². The number of methoxy groups -OCH3 is 1. The molecule has 1 heterocycles. The molecule has 2 aromatic carbocycles. The Morgan fingerprint density at radius 3 is 2.36 bits per heavy atom. The van der Waals surface area contributed by atoms with Crippen LogP contribution in [-0.2, 0) is 6.42 Å². The van der Waals surface area contributed by atoms with Crippen molar-refractivity contribution in [3.8, 4) is 22.8 Å². The Bertz CT molecular complexity index is 823. The number of aromatic amines is 1. The molecule has 0 saturated carbocycles. The maximum Gasteiger partial charge on any atom is 0.121 e.